The lowest BCUT2D eigenvalue weighted by molar-refractivity contribution is 0.0895. The van der Waals surface area contributed by atoms with Gasteiger partial charge < -0.3 is 9.47 Å². The first-order valence-electron chi connectivity index (χ1n) is 14.4. The number of likely N-dealkylation sites (tertiary alicyclic amines) is 1. The molecule has 0 N–H and O–H groups in total. The Balaban J connectivity index is 1.53. The smallest absolute Gasteiger partial charge is 0.166 e. The van der Waals surface area contributed by atoms with Gasteiger partial charge in [-0.1, -0.05) is 30.3 Å². The maximum atomic E-state index is 13.4. The molecular formula is C24H29NO3. The van der Waals surface area contributed by atoms with Crippen molar-refractivity contribution in [2.45, 2.75) is 32.1 Å². The van der Waals surface area contributed by atoms with E-state index in [4.69, 9.17) is 23.2 Å². The summed E-state index contributed by atoms with van der Waals surface area (Å²) < 4.78 is 89.0. The van der Waals surface area contributed by atoms with Crippen LogP contribution in [0.4, 0.5) is 0 Å². The van der Waals surface area contributed by atoms with Gasteiger partial charge >= 0.3 is 0 Å². The van der Waals surface area contributed by atoms with Gasteiger partial charge in [-0.2, -0.15) is 0 Å². The van der Waals surface area contributed by atoms with Crippen molar-refractivity contribution in [2.75, 3.05) is 27.2 Å². The van der Waals surface area contributed by atoms with Gasteiger partial charge in [0.1, 0.15) is 0 Å². The number of methoxy groups -OCH3 is 2. The monoisotopic (exact) mass is 389 g/mol. The lowest BCUT2D eigenvalue weighted by Crippen LogP contribution is -2.34. The summed E-state index contributed by atoms with van der Waals surface area (Å²) in [5.41, 5.74) is 0.959. The number of benzene rings is 2. The Bertz CT molecular complexity index is 1170. The van der Waals surface area contributed by atoms with Gasteiger partial charge in [0.15, 0.2) is 17.3 Å². The second-order valence-electron chi connectivity index (χ2n) is 7.19. The summed E-state index contributed by atoms with van der Waals surface area (Å²) in [6.07, 6.45) is -1.24. The number of rotatable bonds is 6. The van der Waals surface area contributed by atoms with Crippen LogP contribution in [0, 0.1) is 11.8 Å². The maximum Gasteiger partial charge on any atom is 0.166 e. The minimum atomic E-state index is -2.92. The molecule has 1 heterocycles. The summed E-state index contributed by atoms with van der Waals surface area (Å²) in [6.45, 7) is -1.09. The minimum Gasteiger partial charge on any atom is -0.493 e. The summed E-state index contributed by atoms with van der Waals surface area (Å²) in [5, 5.41) is 0. The van der Waals surface area contributed by atoms with Crippen LogP contribution in [0.5, 0.6) is 11.5 Å². The van der Waals surface area contributed by atoms with Gasteiger partial charge in [-0.25, -0.2) is 0 Å². The van der Waals surface area contributed by atoms with Gasteiger partial charge in [-0.3, -0.25) is 9.69 Å². The summed E-state index contributed by atoms with van der Waals surface area (Å²) >= 11 is 0. The summed E-state index contributed by atoms with van der Waals surface area (Å²) in [4.78, 5) is 15.0. The van der Waals surface area contributed by atoms with Crippen LogP contribution in [0.1, 0.15) is 54.4 Å². The van der Waals surface area contributed by atoms with Crippen LogP contribution >= 0.6 is 0 Å². The van der Waals surface area contributed by atoms with Crippen LogP contribution in [0.25, 0.3) is 0 Å². The van der Waals surface area contributed by atoms with E-state index in [0.717, 1.165) is 6.07 Å². The van der Waals surface area contributed by atoms with Crippen molar-refractivity contribution in [3.05, 3.63) is 59.2 Å². The highest BCUT2D eigenvalue weighted by Gasteiger charge is 2.34. The van der Waals surface area contributed by atoms with Crippen molar-refractivity contribution >= 4 is 5.78 Å². The van der Waals surface area contributed by atoms with E-state index in [-0.39, 0.29) is 17.7 Å². The fourth-order valence-electron chi connectivity index (χ4n) is 3.93. The molecule has 1 aliphatic carbocycles. The molecule has 0 saturated carbocycles. The van der Waals surface area contributed by atoms with E-state index in [2.05, 4.69) is 0 Å². The highest BCUT2D eigenvalue weighted by atomic mass is 16.5. The van der Waals surface area contributed by atoms with Crippen molar-refractivity contribution in [2.24, 2.45) is 11.8 Å². The molecule has 1 aliphatic heterocycles. The van der Waals surface area contributed by atoms with Crippen molar-refractivity contribution in [3.8, 4) is 11.5 Å². The van der Waals surface area contributed by atoms with Gasteiger partial charge in [0.05, 0.1) is 22.3 Å². The van der Waals surface area contributed by atoms with E-state index in [9.17, 15) is 4.79 Å². The number of hydrogen-bond acceptors (Lipinski definition) is 4. The molecule has 148 valence electrons. The first kappa shape index (κ1) is 10.4. The number of carbonyl (C=O) groups excluding carboxylic acids is 1. The zero-order valence-electron chi connectivity index (χ0n) is 25.4. The van der Waals surface area contributed by atoms with Crippen LogP contribution < -0.4 is 9.47 Å². The summed E-state index contributed by atoms with van der Waals surface area (Å²) in [5.74, 6) is -2.87. The van der Waals surface area contributed by atoms with Gasteiger partial charge in [0.2, 0.25) is 0 Å². The van der Waals surface area contributed by atoms with Crippen molar-refractivity contribution in [1.29, 1.82) is 0 Å². The zero-order valence-corrected chi connectivity index (χ0v) is 15.4. The van der Waals surface area contributed by atoms with E-state index in [1.165, 1.54) is 6.07 Å². The van der Waals surface area contributed by atoms with E-state index in [1.807, 2.05) is 6.07 Å². The van der Waals surface area contributed by atoms with Crippen LogP contribution in [-0.2, 0) is 12.9 Å². The maximum absolute atomic E-state index is 13.4. The molecule has 1 saturated heterocycles. The van der Waals surface area contributed by atoms with Crippen molar-refractivity contribution in [3.63, 3.8) is 0 Å². The molecule has 1 fully saturated rings. The molecule has 4 heteroatoms. The third-order valence-electron chi connectivity index (χ3n) is 5.39. The number of ketones is 1. The highest BCUT2D eigenvalue weighted by Crippen LogP contribution is 2.39. The van der Waals surface area contributed by atoms with Crippen LogP contribution in [-0.4, -0.2) is 37.8 Å². The lowest BCUT2D eigenvalue weighted by Gasteiger charge is -2.32. The quantitative estimate of drug-likeness (QED) is 0.736. The minimum absolute atomic E-state index is 0.00235. The normalized spacial score (nSPS) is 27.4. The molecule has 0 bridgehead atoms. The number of ether oxygens (including phenoxy) is 2. The van der Waals surface area contributed by atoms with Gasteiger partial charge in [-0.05, 0) is 67.9 Å². The number of piperidine rings is 1. The van der Waals surface area contributed by atoms with E-state index < -0.39 is 50.3 Å². The molecular weight excluding hydrogens is 350 g/mol. The molecule has 0 spiro atoms. The molecule has 28 heavy (non-hydrogen) atoms. The molecule has 0 radical (unpaired) electrons. The number of fused-ring (bicyclic) bond motifs is 1. The Morgan fingerprint density at radius 1 is 1.11 bits per heavy atom. The molecule has 1 unspecified atom stereocenters. The topological polar surface area (TPSA) is 38.8 Å². The van der Waals surface area contributed by atoms with Crippen LogP contribution in [0.15, 0.2) is 42.5 Å². The zero-order chi connectivity index (χ0) is 28.1. The fraction of sp³-hybridized carbons (Fsp3) is 0.458. The van der Waals surface area contributed by atoms with Crippen LogP contribution in [0.2, 0.25) is 0 Å². The molecule has 2 aromatic rings. The van der Waals surface area contributed by atoms with E-state index >= 15 is 0 Å². The lowest BCUT2D eigenvalue weighted by atomic mass is 9.85. The predicted molar refractivity (Wildman–Crippen MR) is 110 cm³/mol. The predicted octanol–water partition coefficient (Wildman–Crippen LogP) is 4.36. The highest BCUT2D eigenvalue weighted by molar-refractivity contribution is 6.02. The number of hydrogen-bond donors (Lipinski definition) is 0. The standard InChI is InChI=1S/C24H29NO3/c1-27-22-14-19-13-20(24(26)21(19)15-23(22)28-2)12-17-8-10-25(11-9-17)16-18-6-4-3-5-7-18/h3-7,14-15,17,20H,8-13,16H2,1-2H3/i1D3,2D3,12D2,16D2. The van der Waals surface area contributed by atoms with Gasteiger partial charge in [0, 0.05) is 23.5 Å². The van der Waals surface area contributed by atoms with Gasteiger partial charge in [0.25, 0.3) is 0 Å². The van der Waals surface area contributed by atoms with Crippen molar-refractivity contribution in [1.82, 2.24) is 4.90 Å². The molecule has 4 nitrogen and oxygen atoms in total. The molecule has 0 aromatic heterocycles. The Labute approximate surface area is 181 Å². The Morgan fingerprint density at radius 3 is 2.54 bits per heavy atom. The van der Waals surface area contributed by atoms with E-state index in [1.54, 1.807) is 29.2 Å². The third-order valence-corrected chi connectivity index (χ3v) is 5.39. The second kappa shape index (κ2) is 8.36. The summed E-state index contributed by atoms with van der Waals surface area (Å²) in [7, 11) is -5.81. The average molecular weight is 390 g/mol. The first-order valence-corrected chi connectivity index (χ1v) is 9.39. The largest absolute Gasteiger partial charge is 0.493 e. The molecule has 2 aliphatic rings. The fourth-order valence-corrected chi connectivity index (χ4v) is 3.93. The SMILES string of the molecule is [2H]C([2H])([2H])Oc1cc2c(cc1OC([2H])([2H])[2H])C(=O)C(C([2H])([2H])C1CCN(C([2H])([2H])c3ccccc3)CC1)C2. The number of nitrogens with zero attached hydrogens (tertiary/aromatic N) is 1. The van der Waals surface area contributed by atoms with Crippen LogP contribution in [0.3, 0.4) is 0 Å². The Morgan fingerprint density at radius 2 is 1.82 bits per heavy atom. The first-order chi connectivity index (χ1) is 17.5. The molecule has 4 rings (SSSR count). The van der Waals surface area contributed by atoms with E-state index in [0.29, 0.717) is 37.1 Å². The number of carbonyl (C=O) groups is 1. The van der Waals surface area contributed by atoms with Gasteiger partial charge in [-0.15, -0.1) is 0 Å². The molecule has 2 aromatic carbocycles. The Hall–Kier alpha value is -2.33. The Kier molecular flexibility index (Phi) is 3.12. The molecule has 1 atom stereocenters. The molecule has 0 amide bonds. The number of Topliss-reactive ketones (excluding diaryl/α,β-unsaturated/α-hetero) is 1. The average Bonchev–Trinajstić information content (AvgIpc) is 3.14. The van der Waals surface area contributed by atoms with Crippen molar-refractivity contribution < 1.29 is 28.0 Å². The summed E-state index contributed by atoms with van der Waals surface area (Å²) in [6, 6.07) is 11.2. The second-order valence-corrected chi connectivity index (χ2v) is 7.19. The third kappa shape index (κ3) is 3.93.